The van der Waals surface area contributed by atoms with Gasteiger partial charge in [0.2, 0.25) is 0 Å². The second kappa shape index (κ2) is 8.22. The molecular formula is C15H23N3O6. The molecule has 1 aliphatic rings. The van der Waals surface area contributed by atoms with Crippen molar-refractivity contribution in [3.63, 3.8) is 0 Å². The van der Waals surface area contributed by atoms with Gasteiger partial charge in [0.05, 0.1) is 18.8 Å². The van der Waals surface area contributed by atoms with Crippen LogP contribution in [0.4, 0.5) is 0 Å². The van der Waals surface area contributed by atoms with Crippen molar-refractivity contribution in [3.8, 4) is 0 Å². The van der Waals surface area contributed by atoms with Crippen LogP contribution in [0.15, 0.2) is 21.9 Å². The largest absolute Gasteiger partial charge is 0.462 e. The maximum Gasteiger partial charge on any atom is 0.330 e. The minimum absolute atomic E-state index is 0.0523. The summed E-state index contributed by atoms with van der Waals surface area (Å²) in [6.45, 7) is 5.67. The number of aromatic amines is 1. The molecule has 0 radical (unpaired) electrons. The van der Waals surface area contributed by atoms with E-state index < -0.39 is 23.4 Å². The van der Waals surface area contributed by atoms with Crippen LogP contribution in [0.25, 0.3) is 0 Å². The maximum atomic E-state index is 11.8. The SMILES string of the molecule is CC(C)OC(=O)CNOCC1C[C@H](C)C(n2ccc(=O)[nH]c2=O)O1. The van der Waals surface area contributed by atoms with Crippen molar-refractivity contribution in [3.05, 3.63) is 33.1 Å². The quantitative estimate of drug-likeness (QED) is 0.406. The van der Waals surface area contributed by atoms with Crippen molar-refractivity contribution in [2.24, 2.45) is 5.92 Å². The highest BCUT2D eigenvalue weighted by molar-refractivity contribution is 5.71. The molecule has 1 fully saturated rings. The molecule has 1 aromatic heterocycles. The molecule has 2 unspecified atom stereocenters. The summed E-state index contributed by atoms with van der Waals surface area (Å²) in [7, 11) is 0. The van der Waals surface area contributed by atoms with Gasteiger partial charge in [0.25, 0.3) is 5.56 Å². The summed E-state index contributed by atoms with van der Waals surface area (Å²) in [5.41, 5.74) is 1.59. The molecule has 9 heteroatoms. The number of carbonyl (C=O) groups excluding carboxylic acids is 1. The standard InChI is InChI=1S/C15H23N3O6/c1-9(2)23-13(20)7-16-22-8-11-6-10(3)14(24-11)18-5-4-12(19)17-15(18)21/h4-5,9-11,14,16H,6-8H2,1-3H3,(H,17,19,21)/t10-,11?,14?/m0/s1. The van der Waals surface area contributed by atoms with E-state index in [-0.39, 0.29) is 31.3 Å². The Morgan fingerprint density at radius 1 is 1.50 bits per heavy atom. The van der Waals surface area contributed by atoms with E-state index >= 15 is 0 Å². The molecule has 2 heterocycles. The number of carbonyl (C=O) groups is 1. The van der Waals surface area contributed by atoms with E-state index in [9.17, 15) is 14.4 Å². The summed E-state index contributed by atoms with van der Waals surface area (Å²) >= 11 is 0. The lowest BCUT2D eigenvalue weighted by atomic mass is 10.1. The van der Waals surface area contributed by atoms with E-state index in [1.807, 2.05) is 6.92 Å². The highest BCUT2D eigenvalue weighted by atomic mass is 16.7. The van der Waals surface area contributed by atoms with Gasteiger partial charge in [-0.3, -0.25) is 24.0 Å². The number of hydroxylamine groups is 1. The van der Waals surface area contributed by atoms with Gasteiger partial charge in [0.1, 0.15) is 12.8 Å². The molecule has 1 aromatic rings. The zero-order valence-electron chi connectivity index (χ0n) is 14.0. The van der Waals surface area contributed by atoms with Crippen LogP contribution in [-0.2, 0) is 19.1 Å². The maximum absolute atomic E-state index is 11.8. The molecule has 0 spiro atoms. The van der Waals surface area contributed by atoms with E-state index in [1.165, 1.54) is 16.8 Å². The van der Waals surface area contributed by atoms with Gasteiger partial charge in [-0.15, -0.1) is 0 Å². The molecule has 1 aliphatic heterocycles. The average Bonchev–Trinajstić information content (AvgIpc) is 2.84. The summed E-state index contributed by atoms with van der Waals surface area (Å²) < 4.78 is 12.1. The lowest BCUT2D eigenvalue weighted by Crippen LogP contribution is -2.33. The molecular weight excluding hydrogens is 318 g/mol. The van der Waals surface area contributed by atoms with Crippen molar-refractivity contribution in [1.29, 1.82) is 0 Å². The van der Waals surface area contributed by atoms with Gasteiger partial charge in [-0.25, -0.2) is 4.79 Å². The zero-order valence-corrected chi connectivity index (χ0v) is 14.0. The summed E-state index contributed by atoms with van der Waals surface area (Å²) in [5.74, 6) is -0.323. The highest BCUT2D eigenvalue weighted by Gasteiger charge is 2.34. The number of H-pyrrole nitrogens is 1. The first-order chi connectivity index (χ1) is 11.4. The summed E-state index contributed by atoms with van der Waals surface area (Å²) in [6, 6.07) is 1.28. The minimum Gasteiger partial charge on any atom is -0.462 e. The van der Waals surface area contributed by atoms with E-state index in [0.29, 0.717) is 6.42 Å². The van der Waals surface area contributed by atoms with Crippen molar-refractivity contribution >= 4 is 5.97 Å². The molecule has 3 atom stereocenters. The second-order valence-electron chi connectivity index (χ2n) is 6.05. The Morgan fingerprint density at radius 3 is 2.92 bits per heavy atom. The molecule has 1 saturated heterocycles. The highest BCUT2D eigenvalue weighted by Crippen LogP contribution is 2.32. The fourth-order valence-corrected chi connectivity index (χ4v) is 2.56. The predicted octanol–water partition coefficient (Wildman–Crippen LogP) is -0.0670. The van der Waals surface area contributed by atoms with Crippen LogP contribution in [0.5, 0.6) is 0 Å². The third-order valence-electron chi connectivity index (χ3n) is 3.53. The summed E-state index contributed by atoms with van der Waals surface area (Å²) in [5, 5.41) is 0. The molecule has 2 N–H and O–H groups in total. The number of ether oxygens (including phenoxy) is 2. The summed E-state index contributed by atoms with van der Waals surface area (Å²) in [6.07, 6.45) is 1.25. The van der Waals surface area contributed by atoms with Crippen LogP contribution in [-0.4, -0.2) is 40.9 Å². The van der Waals surface area contributed by atoms with Crippen LogP contribution in [0.2, 0.25) is 0 Å². The first kappa shape index (κ1) is 18.4. The van der Waals surface area contributed by atoms with Crippen molar-refractivity contribution < 1.29 is 19.1 Å². The Balaban J connectivity index is 1.80. The monoisotopic (exact) mass is 341 g/mol. The number of esters is 1. The van der Waals surface area contributed by atoms with E-state index in [4.69, 9.17) is 14.3 Å². The Kier molecular flexibility index (Phi) is 6.29. The Labute approximate surface area is 138 Å². The number of aromatic nitrogens is 2. The lowest BCUT2D eigenvalue weighted by molar-refractivity contribution is -0.150. The van der Waals surface area contributed by atoms with Gasteiger partial charge in [0, 0.05) is 18.2 Å². The first-order valence-corrected chi connectivity index (χ1v) is 7.88. The molecule has 134 valence electrons. The van der Waals surface area contributed by atoms with Crippen molar-refractivity contribution in [2.75, 3.05) is 13.2 Å². The van der Waals surface area contributed by atoms with Gasteiger partial charge in [0.15, 0.2) is 0 Å². The van der Waals surface area contributed by atoms with Gasteiger partial charge in [-0.1, -0.05) is 6.92 Å². The number of nitrogens with one attached hydrogen (secondary N) is 2. The third kappa shape index (κ3) is 5.02. The van der Waals surface area contributed by atoms with E-state index in [0.717, 1.165) is 0 Å². The van der Waals surface area contributed by atoms with Gasteiger partial charge in [-0.05, 0) is 20.3 Å². The Morgan fingerprint density at radius 2 is 2.25 bits per heavy atom. The zero-order chi connectivity index (χ0) is 17.7. The molecule has 0 bridgehead atoms. The van der Waals surface area contributed by atoms with E-state index in [2.05, 4.69) is 10.5 Å². The molecule has 24 heavy (non-hydrogen) atoms. The topological polar surface area (TPSA) is 112 Å². The number of rotatable bonds is 7. The normalized spacial score (nSPS) is 23.6. The van der Waals surface area contributed by atoms with Crippen LogP contribution in [0.3, 0.4) is 0 Å². The molecule has 0 amide bonds. The fraction of sp³-hybridized carbons (Fsp3) is 0.667. The smallest absolute Gasteiger partial charge is 0.330 e. The fourth-order valence-electron chi connectivity index (χ4n) is 2.56. The average molecular weight is 341 g/mol. The number of hydrogen-bond acceptors (Lipinski definition) is 7. The third-order valence-corrected chi connectivity index (χ3v) is 3.53. The van der Waals surface area contributed by atoms with Crippen molar-refractivity contribution in [2.45, 2.75) is 45.6 Å². The van der Waals surface area contributed by atoms with Gasteiger partial charge < -0.3 is 9.47 Å². The lowest BCUT2D eigenvalue weighted by Gasteiger charge is -2.17. The second-order valence-corrected chi connectivity index (χ2v) is 6.05. The minimum atomic E-state index is -0.504. The first-order valence-electron chi connectivity index (χ1n) is 7.88. The number of nitrogens with zero attached hydrogens (tertiary/aromatic N) is 1. The van der Waals surface area contributed by atoms with Crippen LogP contribution >= 0.6 is 0 Å². The predicted molar refractivity (Wildman–Crippen MR) is 84.2 cm³/mol. The number of hydrogen-bond donors (Lipinski definition) is 2. The van der Waals surface area contributed by atoms with E-state index in [1.54, 1.807) is 13.8 Å². The van der Waals surface area contributed by atoms with Crippen LogP contribution in [0, 0.1) is 5.92 Å². The van der Waals surface area contributed by atoms with Gasteiger partial charge in [-0.2, -0.15) is 5.48 Å². The molecule has 2 rings (SSSR count). The summed E-state index contributed by atoms with van der Waals surface area (Å²) in [4.78, 5) is 41.7. The van der Waals surface area contributed by atoms with Crippen LogP contribution in [0.1, 0.15) is 33.4 Å². The molecule has 0 aliphatic carbocycles. The molecule has 0 aromatic carbocycles. The Hall–Kier alpha value is -1.97. The van der Waals surface area contributed by atoms with Gasteiger partial charge >= 0.3 is 11.7 Å². The molecule has 0 saturated carbocycles. The molecule has 9 nitrogen and oxygen atoms in total. The Bertz CT molecular complexity index is 668. The van der Waals surface area contributed by atoms with Crippen molar-refractivity contribution in [1.82, 2.24) is 15.0 Å². The van der Waals surface area contributed by atoms with Crippen LogP contribution < -0.4 is 16.7 Å².